The van der Waals surface area contributed by atoms with Crippen molar-refractivity contribution in [3.05, 3.63) is 103 Å². The van der Waals surface area contributed by atoms with Crippen molar-refractivity contribution < 1.29 is 17.7 Å². The summed E-state index contributed by atoms with van der Waals surface area (Å²) in [4.78, 5) is 0. The van der Waals surface area contributed by atoms with Gasteiger partial charge in [0.1, 0.15) is 28.8 Å². The summed E-state index contributed by atoms with van der Waals surface area (Å²) in [5.41, 5.74) is 3.20. The summed E-state index contributed by atoms with van der Waals surface area (Å²) in [7, 11) is 0. The number of aromatic nitrogens is 3. The molecule has 0 saturated heterocycles. The van der Waals surface area contributed by atoms with Crippen LogP contribution in [0.2, 0.25) is 0 Å². The summed E-state index contributed by atoms with van der Waals surface area (Å²) < 4.78 is 47.9. The fourth-order valence-corrected chi connectivity index (χ4v) is 3.31. The van der Waals surface area contributed by atoms with E-state index in [1.165, 1.54) is 18.2 Å². The molecule has 0 radical (unpaired) electrons. The van der Waals surface area contributed by atoms with Crippen LogP contribution in [0.15, 0.2) is 89.6 Å². The van der Waals surface area contributed by atoms with Gasteiger partial charge < -0.3 is 4.52 Å². The third-order valence-electron chi connectivity index (χ3n) is 4.84. The van der Waals surface area contributed by atoms with Gasteiger partial charge in [0.2, 0.25) is 0 Å². The van der Waals surface area contributed by atoms with Gasteiger partial charge in [-0.05, 0) is 48.5 Å². The highest BCUT2D eigenvalue weighted by Crippen LogP contribution is 2.34. The minimum atomic E-state index is -0.749. The average Bonchev–Trinajstić information content (AvgIpc) is 3.42. The van der Waals surface area contributed by atoms with E-state index in [4.69, 9.17) is 4.52 Å². The first kappa shape index (κ1) is 18.9. The minimum Gasteiger partial charge on any atom is -0.356 e. The highest BCUT2D eigenvalue weighted by atomic mass is 19.1. The molecule has 0 fully saturated rings. The first-order valence-corrected chi connectivity index (χ1v) is 9.42. The third-order valence-corrected chi connectivity index (χ3v) is 4.84. The number of para-hydroxylation sites is 1. The summed E-state index contributed by atoms with van der Waals surface area (Å²) in [5.74, 6) is -1.63. The molecule has 3 aromatic carbocycles. The molecule has 0 atom stereocenters. The molecule has 0 unspecified atom stereocenters. The Bertz CT molecular complexity index is 1360. The first-order chi connectivity index (χ1) is 15.1. The molecule has 0 aliphatic heterocycles. The Morgan fingerprint density at radius 3 is 2.23 bits per heavy atom. The van der Waals surface area contributed by atoms with Gasteiger partial charge >= 0.3 is 0 Å². The first-order valence-electron chi connectivity index (χ1n) is 9.42. The normalized spacial score (nSPS) is 11.1. The number of halogens is 3. The topological polar surface area (TPSA) is 43.9 Å². The Balaban J connectivity index is 1.63. The van der Waals surface area contributed by atoms with Gasteiger partial charge in [-0.1, -0.05) is 23.4 Å². The van der Waals surface area contributed by atoms with Crippen molar-refractivity contribution in [2.24, 2.45) is 0 Å². The molecule has 7 heteroatoms. The van der Waals surface area contributed by atoms with E-state index in [0.29, 0.717) is 22.5 Å². The lowest BCUT2D eigenvalue weighted by atomic mass is 10.0. The zero-order valence-electron chi connectivity index (χ0n) is 16.0. The van der Waals surface area contributed by atoms with Crippen molar-refractivity contribution in [3.63, 3.8) is 0 Å². The number of benzene rings is 3. The van der Waals surface area contributed by atoms with Crippen LogP contribution in [0.3, 0.4) is 0 Å². The smallest absolute Gasteiger partial charge is 0.170 e. The Hall–Kier alpha value is -4.13. The Kier molecular flexibility index (Phi) is 4.63. The summed E-state index contributed by atoms with van der Waals surface area (Å²) >= 11 is 0. The predicted molar refractivity (Wildman–Crippen MR) is 110 cm³/mol. The molecule has 0 bridgehead atoms. The van der Waals surface area contributed by atoms with E-state index >= 15 is 0 Å². The van der Waals surface area contributed by atoms with Crippen molar-refractivity contribution in [2.45, 2.75) is 0 Å². The van der Waals surface area contributed by atoms with Gasteiger partial charge in [0.25, 0.3) is 0 Å². The van der Waals surface area contributed by atoms with E-state index in [1.807, 2.05) is 30.3 Å². The molecule has 31 heavy (non-hydrogen) atoms. The van der Waals surface area contributed by atoms with Gasteiger partial charge in [0, 0.05) is 23.9 Å². The van der Waals surface area contributed by atoms with Gasteiger partial charge in [0.05, 0.1) is 16.8 Å². The van der Waals surface area contributed by atoms with E-state index in [9.17, 15) is 13.2 Å². The molecule has 0 aliphatic rings. The molecule has 5 rings (SSSR count). The van der Waals surface area contributed by atoms with Gasteiger partial charge in [0.15, 0.2) is 5.76 Å². The van der Waals surface area contributed by atoms with Crippen LogP contribution in [0, 0.1) is 17.5 Å². The highest BCUT2D eigenvalue weighted by molar-refractivity contribution is 5.80. The zero-order chi connectivity index (χ0) is 21.4. The van der Waals surface area contributed by atoms with Gasteiger partial charge in [-0.15, -0.1) is 0 Å². The average molecular weight is 417 g/mol. The Morgan fingerprint density at radius 1 is 0.742 bits per heavy atom. The summed E-state index contributed by atoms with van der Waals surface area (Å²) in [6.45, 7) is 0. The van der Waals surface area contributed by atoms with Crippen molar-refractivity contribution >= 4 is 0 Å². The van der Waals surface area contributed by atoms with Crippen LogP contribution in [-0.4, -0.2) is 14.9 Å². The van der Waals surface area contributed by atoms with Crippen molar-refractivity contribution in [3.8, 4) is 39.5 Å². The monoisotopic (exact) mass is 417 g/mol. The number of hydrogen-bond donors (Lipinski definition) is 0. The van der Waals surface area contributed by atoms with Crippen LogP contribution >= 0.6 is 0 Å². The third kappa shape index (κ3) is 3.61. The van der Waals surface area contributed by atoms with Crippen molar-refractivity contribution in [1.29, 1.82) is 0 Å². The highest BCUT2D eigenvalue weighted by Gasteiger charge is 2.19. The largest absolute Gasteiger partial charge is 0.356 e. The second-order valence-electron chi connectivity index (χ2n) is 6.88. The number of hydrogen-bond acceptors (Lipinski definition) is 3. The maximum absolute atomic E-state index is 14.2. The lowest BCUT2D eigenvalue weighted by Crippen LogP contribution is -1.94. The van der Waals surface area contributed by atoms with E-state index in [2.05, 4.69) is 10.3 Å². The SMILES string of the molecule is Fc1ccc(-c2nn(-c3ccccc3)cc2-c2cc(-c3ccc(F)cc3F)on2)cc1. The molecular weight excluding hydrogens is 403 g/mol. The van der Waals surface area contributed by atoms with Crippen molar-refractivity contribution in [2.75, 3.05) is 0 Å². The van der Waals surface area contributed by atoms with Crippen LogP contribution in [0.25, 0.3) is 39.5 Å². The number of rotatable bonds is 4. The molecule has 152 valence electrons. The van der Waals surface area contributed by atoms with Crippen LogP contribution in [0.5, 0.6) is 0 Å². The fourth-order valence-electron chi connectivity index (χ4n) is 3.31. The molecule has 0 amide bonds. The van der Waals surface area contributed by atoms with E-state index < -0.39 is 11.6 Å². The molecule has 0 spiro atoms. The van der Waals surface area contributed by atoms with Gasteiger partial charge in [-0.25, -0.2) is 17.9 Å². The van der Waals surface area contributed by atoms with Crippen LogP contribution in [-0.2, 0) is 0 Å². The van der Waals surface area contributed by atoms with Gasteiger partial charge in [-0.2, -0.15) is 5.10 Å². The Labute approximate surface area is 175 Å². The Morgan fingerprint density at radius 2 is 1.48 bits per heavy atom. The lowest BCUT2D eigenvalue weighted by Gasteiger charge is -2.00. The quantitative estimate of drug-likeness (QED) is 0.346. The molecule has 2 aromatic heterocycles. The van der Waals surface area contributed by atoms with Gasteiger partial charge in [-0.3, -0.25) is 0 Å². The number of nitrogens with zero attached hydrogens (tertiary/aromatic N) is 3. The molecule has 5 aromatic rings. The maximum Gasteiger partial charge on any atom is 0.170 e. The molecule has 2 heterocycles. The summed E-state index contributed by atoms with van der Waals surface area (Å²) in [6.07, 6.45) is 1.77. The predicted octanol–water partition coefficient (Wildman–Crippen LogP) is 6.28. The summed E-state index contributed by atoms with van der Waals surface area (Å²) in [6, 6.07) is 20.2. The van der Waals surface area contributed by atoms with E-state index in [0.717, 1.165) is 17.8 Å². The molecule has 4 nitrogen and oxygen atoms in total. The van der Waals surface area contributed by atoms with Crippen LogP contribution in [0.1, 0.15) is 0 Å². The summed E-state index contributed by atoms with van der Waals surface area (Å²) in [5, 5.41) is 8.73. The molecule has 0 N–H and O–H groups in total. The second kappa shape index (κ2) is 7.60. The molecule has 0 aliphatic carbocycles. The van der Waals surface area contributed by atoms with Crippen LogP contribution in [0.4, 0.5) is 13.2 Å². The maximum atomic E-state index is 14.2. The standard InChI is InChI=1S/C24H14F3N3O/c25-16-8-6-15(7-9-16)24-20(14-30(28-24)18-4-2-1-3-5-18)22-13-23(31-29-22)19-11-10-17(26)12-21(19)27/h1-14H. The van der Waals surface area contributed by atoms with E-state index in [-0.39, 0.29) is 17.1 Å². The van der Waals surface area contributed by atoms with Crippen LogP contribution < -0.4 is 0 Å². The fraction of sp³-hybridized carbons (Fsp3) is 0. The zero-order valence-corrected chi connectivity index (χ0v) is 16.0. The second-order valence-corrected chi connectivity index (χ2v) is 6.88. The van der Waals surface area contributed by atoms with E-state index in [1.54, 1.807) is 29.1 Å². The molecule has 0 saturated carbocycles. The van der Waals surface area contributed by atoms with Crippen molar-refractivity contribution in [1.82, 2.24) is 14.9 Å². The minimum absolute atomic E-state index is 0.0962. The lowest BCUT2D eigenvalue weighted by molar-refractivity contribution is 0.432. The molecular formula is C24H14F3N3O.